The van der Waals surface area contributed by atoms with Crippen LogP contribution in [0.15, 0.2) is 29.2 Å². The van der Waals surface area contributed by atoms with E-state index < -0.39 is 0 Å². The van der Waals surface area contributed by atoms with Crippen molar-refractivity contribution in [1.29, 1.82) is 0 Å². The Kier molecular flexibility index (Phi) is 3.79. The van der Waals surface area contributed by atoms with Crippen LogP contribution in [0.5, 0.6) is 0 Å². The number of nitrogens with zero attached hydrogens (tertiary/aromatic N) is 2. The number of benzene rings is 1. The highest BCUT2D eigenvalue weighted by Crippen LogP contribution is 2.33. The molecule has 0 radical (unpaired) electrons. The molecular formula is C11H13N3S2. The largest absolute Gasteiger partial charge is 0.374 e. The minimum absolute atomic E-state index is 0.519. The molecule has 84 valence electrons. The first-order valence-electron chi connectivity index (χ1n) is 5.12. The van der Waals surface area contributed by atoms with Gasteiger partial charge < -0.3 is 5.73 Å². The lowest BCUT2D eigenvalue weighted by Crippen LogP contribution is -1.83. The summed E-state index contributed by atoms with van der Waals surface area (Å²) in [5, 5.41) is 9.35. The zero-order valence-corrected chi connectivity index (χ0v) is 10.6. The molecule has 2 N–H and O–H groups in total. The first-order valence-corrected chi connectivity index (χ1v) is 6.92. The lowest BCUT2D eigenvalue weighted by Gasteiger charge is -2.04. The summed E-state index contributed by atoms with van der Waals surface area (Å²) in [6.07, 6.45) is 1.16. The van der Waals surface area contributed by atoms with Gasteiger partial charge in [0.05, 0.1) is 0 Å². The van der Waals surface area contributed by atoms with Gasteiger partial charge in [0.25, 0.3) is 0 Å². The minimum atomic E-state index is 0.519. The van der Waals surface area contributed by atoms with Gasteiger partial charge in [0.2, 0.25) is 5.13 Å². The molecule has 1 aromatic heterocycles. The molecule has 1 heterocycles. The molecule has 3 nitrogen and oxygen atoms in total. The van der Waals surface area contributed by atoms with Gasteiger partial charge in [-0.05, 0) is 18.2 Å². The van der Waals surface area contributed by atoms with Crippen LogP contribution in [0.2, 0.25) is 0 Å². The number of hydrogen-bond donors (Lipinski definition) is 1. The van der Waals surface area contributed by atoms with E-state index in [1.165, 1.54) is 16.2 Å². The van der Waals surface area contributed by atoms with Crippen LogP contribution in [0.1, 0.15) is 13.3 Å². The van der Waals surface area contributed by atoms with Gasteiger partial charge in [-0.2, -0.15) is 0 Å². The van der Waals surface area contributed by atoms with Crippen molar-refractivity contribution in [1.82, 2.24) is 10.2 Å². The summed E-state index contributed by atoms with van der Waals surface area (Å²) in [5.74, 6) is 1.12. The van der Waals surface area contributed by atoms with E-state index in [9.17, 15) is 0 Å². The number of nitrogen functional groups attached to an aromatic ring is 1. The van der Waals surface area contributed by atoms with Crippen molar-refractivity contribution in [3.05, 3.63) is 24.3 Å². The number of aromatic nitrogens is 2. The molecule has 0 saturated carbocycles. The molecule has 0 atom stereocenters. The van der Waals surface area contributed by atoms with Crippen LogP contribution in [0.3, 0.4) is 0 Å². The van der Waals surface area contributed by atoms with Crippen LogP contribution in [0, 0.1) is 0 Å². The van der Waals surface area contributed by atoms with Crippen LogP contribution in [-0.4, -0.2) is 16.0 Å². The van der Waals surface area contributed by atoms with Crippen molar-refractivity contribution in [3.8, 4) is 10.6 Å². The molecule has 2 rings (SSSR count). The van der Waals surface area contributed by atoms with Gasteiger partial charge in [-0.3, -0.25) is 0 Å². The number of thioether (sulfide) groups is 1. The zero-order chi connectivity index (χ0) is 11.4. The van der Waals surface area contributed by atoms with Crippen molar-refractivity contribution in [2.75, 3.05) is 11.5 Å². The van der Waals surface area contributed by atoms with Crippen LogP contribution in [0.25, 0.3) is 10.6 Å². The second kappa shape index (κ2) is 5.32. The van der Waals surface area contributed by atoms with E-state index in [1.54, 1.807) is 0 Å². The molecule has 0 amide bonds. The Morgan fingerprint density at radius 2 is 2.12 bits per heavy atom. The summed E-state index contributed by atoms with van der Waals surface area (Å²) >= 11 is 3.28. The highest BCUT2D eigenvalue weighted by atomic mass is 32.2. The van der Waals surface area contributed by atoms with Crippen LogP contribution in [0.4, 0.5) is 5.13 Å². The topological polar surface area (TPSA) is 51.8 Å². The van der Waals surface area contributed by atoms with Crippen molar-refractivity contribution >= 4 is 28.2 Å². The Labute approximate surface area is 103 Å². The number of nitrogens with two attached hydrogens (primary N) is 1. The van der Waals surface area contributed by atoms with Crippen molar-refractivity contribution < 1.29 is 0 Å². The van der Waals surface area contributed by atoms with Crippen molar-refractivity contribution in [2.45, 2.75) is 18.2 Å². The molecule has 0 fully saturated rings. The Morgan fingerprint density at radius 1 is 1.31 bits per heavy atom. The maximum Gasteiger partial charge on any atom is 0.203 e. The highest BCUT2D eigenvalue weighted by molar-refractivity contribution is 7.99. The predicted octanol–water partition coefficient (Wildman–Crippen LogP) is 3.29. The van der Waals surface area contributed by atoms with E-state index in [-0.39, 0.29) is 0 Å². The number of rotatable bonds is 4. The molecule has 0 aliphatic carbocycles. The van der Waals surface area contributed by atoms with Gasteiger partial charge in [0.15, 0.2) is 5.01 Å². The third-order valence-electron chi connectivity index (χ3n) is 2.02. The van der Waals surface area contributed by atoms with Gasteiger partial charge in [0, 0.05) is 10.5 Å². The lowest BCUT2D eigenvalue weighted by atomic mass is 10.2. The molecule has 0 aliphatic rings. The maximum absolute atomic E-state index is 5.60. The third-order valence-corrected chi connectivity index (χ3v) is 4.08. The Balaban J connectivity index is 2.32. The van der Waals surface area contributed by atoms with Gasteiger partial charge in [-0.25, -0.2) is 0 Å². The van der Waals surface area contributed by atoms with Gasteiger partial charge in [-0.15, -0.1) is 22.0 Å². The fraction of sp³-hybridized carbons (Fsp3) is 0.273. The monoisotopic (exact) mass is 251 g/mol. The number of hydrogen-bond acceptors (Lipinski definition) is 5. The standard InChI is InChI=1S/C11H13N3S2/c1-2-7-15-9-6-4-3-5-8(9)10-13-14-11(12)16-10/h3-6H,2,7H2,1H3,(H2,12,14). The molecule has 2 aromatic rings. The highest BCUT2D eigenvalue weighted by Gasteiger charge is 2.09. The van der Waals surface area contributed by atoms with E-state index in [4.69, 9.17) is 5.73 Å². The summed E-state index contributed by atoms with van der Waals surface area (Å²) in [4.78, 5) is 1.25. The predicted molar refractivity (Wildman–Crippen MR) is 70.8 cm³/mol. The fourth-order valence-electron chi connectivity index (χ4n) is 1.32. The molecule has 0 unspecified atom stereocenters. The SMILES string of the molecule is CCCSc1ccccc1-c1nnc(N)s1. The average Bonchev–Trinajstić information content (AvgIpc) is 2.73. The Hall–Kier alpha value is -1.07. The first kappa shape index (κ1) is 11.4. The van der Waals surface area contributed by atoms with E-state index >= 15 is 0 Å². The van der Waals surface area contributed by atoms with E-state index in [0.29, 0.717) is 5.13 Å². The second-order valence-corrected chi connectivity index (χ2v) is 5.44. The number of anilines is 1. The maximum atomic E-state index is 5.60. The molecule has 5 heteroatoms. The van der Waals surface area contributed by atoms with Crippen LogP contribution in [-0.2, 0) is 0 Å². The quantitative estimate of drug-likeness (QED) is 0.847. The molecule has 0 saturated heterocycles. The summed E-state index contributed by atoms with van der Waals surface area (Å²) < 4.78 is 0. The summed E-state index contributed by atoms with van der Waals surface area (Å²) in [7, 11) is 0. The van der Waals surface area contributed by atoms with Gasteiger partial charge >= 0.3 is 0 Å². The van der Waals surface area contributed by atoms with Gasteiger partial charge in [0.1, 0.15) is 0 Å². The van der Waals surface area contributed by atoms with E-state index in [1.807, 2.05) is 23.9 Å². The third kappa shape index (κ3) is 2.54. The van der Waals surface area contributed by atoms with E-state index in [0.717, 1.165) is 22.7 Å². The smallest absolute Gasteiger partial charge is 0.203 e. The molecule has 0 bridgehead atoms. The van der Waals surface area contributed by atoms with Crippen LogP contribution >= 0.6 is 23.1 Å². The Morgan fingerprint density at radius 3 is 2.81 bits per heavy atom. The molecule has 0 aliphatic heterocycles. The fourth-order valence-corrected chi connectivity index (χ4v) is 2.96. The Bertz CT molecular complexity index is 468. The first-order chi connectivity index (χ1) is 7.81. The molecule has 0 spiro atoms. The lowest BCUT2D eigenvalue weighted by molar-refractivity contribution is 1.09. The zero-order valence-electron chi connectivity index (χ0n) is 9.01. The molecular weight excluding hydrogens is 238 g/mol. The summed E-state index contributed by atoms with van der Waals surface area (Å²) in [6, 6.07) is 8.25. The van der Waals surface area contributed by atoms with Gasteiger partial charge in [-0.1, -0.05) is 36.5 Å². The van der Waals surface area contributed by atoms with Crippen molar-refractivity contribution in [2.24, 2.45) is 0 Å². The average molecular weight is 251 g/mol. The van der Waals surface area contributed by atoms with Crippen LogP contribution < -0.4 is 5.73 Å². The summed E-state index contributed by atoms with van der Waals surface area (Å²) in [6.45, 7) is 2.18. The van der Waals surface area contributed by atoms with Crippen molar-refractivity contribution in [3.63, 3.8) is 0 Å². The summed E-state index contributed by atoms with van der Waals surface area (Å²) in [5.41, 5.74) is 6.74. The normalized spacial score (nSPS) is 10.6. The molecule has 16 heavy (non-hydrogen) atoms. The van der Waals surface area contributed by atoms with E-state index in [2.05, 4.69) is 29.3 Å². The molecule has 1 aromatic carbocycles. The minimum Gasteiger partial charge on any atom is -0.374 e. The second-order valence-electron chi connectivity index (χ2n) is 3.29.